The van der Waals surface area contributed by atoms with Gasteiger partial charge in [0.25, 0.3) is 5.91 Å². The van der Waals surface area contributed by atoms with Crippen LogP contribution in [0.4, 0.5) is 11.4 Å². The molecule has 3 aromatic carbocycles. The first-order chi connectivity index (χ1) is 17.5. The number of carbonyl (C=O) groups excluding carboxylic acids is 2. The highest BCUT2D eigenvalue weighted by atomic mass is 79.9. The van der Waals surface area contributed by atoms with Gasteiger partial charge in [-0.25, -0.2) is 8.42 Å². The number of nitrogens with zero attached hydrogens (tertiary/aromatic N) is 2. The van der Waals surface area contributed by atoms with E-state index in [-0.39, 0.29) is 45.8 Å². The monoisotopic (exact) mass is 602 g/mol. The van der Waals surface area contributed by atoms with Gasteiger partial charge in [-0.05, 0) is 64.0 Å². The molecule has 190 valence electrons. The number of rotatable bonds is 7. The van der Waals surface area contributed by atoms with Crippen LogP contribution >= 0.6 is 27.5 Å². The highest BCUT2D eigenvalue weighted by Gasteiger charge is 2.33. The molecule has 0 radical (unpaired) electrons. The van der Waals surface area contributed by atoms with Crippen molar-refractivity contribution >= 4 is 60.7 Å². The molecule has 0 bridgehead atoms. The van der Waals surface area contributed by atoms with E-state index in [1.165, 1.54) is 17.0 Å². The fourth-order valence-electron chi connectivity index (χ4n) is 4.04. The van der Waals surface area contributed by atoms with Gasteiger partial charge in [0.1, 0.15) is 11.8 Å². The van der Waals surface area contributed by atoms with Gasteiger partial charge in [0.2, 0.25) is 15.9 Å². The van der Waals surface area contributed by atoms with Crippen LogP contribution in [0, 0.1) is 11.3 Å². The number of nitrogens with one attached hydrogen (secondary N) is 1. The van der Waals surface area contributed by atoms with E-state index in [2.05, 4.69) is 26.7 Å². The van der Waals surface area contributed by atoms with Crippen molar-refractivity contribution in [3.8, 4) is 17.6 Å². The summed E-state index contributed by atoms with van der Waals surface area (Å²) in [6.45, 7) is 0.312. The summed E-state index contributed by atoms with van der Waals surface area (Å²) in [5.41, 5.74) is 6.97. The Hall–Kier alpha value is -3.59. The van der Waals surface area contributed by atoms with E-state index in [0.717, 1.165) is 11.8 Å². The Morgan fingerprint density at radius 2 is 2.00 bits per heavy atom. The molecule has 0 unspecified atom stereocenters. The Morgan fingerprint density at radius 1 is 1.24 bits per heavy atom. The normalized spacial score (nSPS) is 15.4. The smallest absolute Gasteiger partial charge is 0.250 e. The van der Waals surface area contributed by atoms with E-state index in [1.807, 2.05) is 6.07 Å². The minimum atomic E-state index is -3.64. The predicted octanol–water partition coefficient (Wildman–Crippen LogP) is 4.76. The molecule has 3 N–H and O–H groups in total. The van der Waals surface area contributed by atoms with Crippen LogP contribution in [-0.2, 0) is 14.8 Å². The third kappa shape index (κ3) is 5.88. The largest absolute Gasteiger partial charge is 0.453 e. The average Bonchev–Trinajstić information content (AvgIpc) is 3.22. The van der Waals surface area contributed by atoms with Crippen LogP contribution in [0.2, 0.25) is 5.02 Å². The Morgan fingerprint density at radius 3 is 2.68 bits per heavy atom. The Balaban J connectivity index is 1.61. The lowest BCUT2D eigenvalue weighted by Crippen LogP contribution is -2.25. The third-order valence-corrected chi connectivity index (χ3v) is 7.27. The van der Waals surface area contributed by atoms with Gasteiger partial charge >= 0.3 is 0 Å². The average molecular weight is 604 g/mol. The van der Waals surface area contributed by atoms with Crippen LogP contribution in [0.25, 0.3) is 0 Å². The Labute approximate surface area is 227 Å². The van der Waals surface area contributed by atoms with Crippen LogP contribution in [0.3, 0.4) is 0 Å². The van der Waals surface area contributed by atoms with Crippen molar-refractivity contribution in [1.29, 1.82) is 5.26 Å². The second kappa shape index (κ2) is 10.4. The molecule has 1 heterocycles. The number of primary amides is 1. The Bertz CT molecular complexity index is 1570. The van der Waals surface area contributed by atoms with E-state index in [1.54, 1.807) is 36.4 Å². The van der Waals surface area contributed by atoms with Crippen LogP contribution in [-0.4, -0.2) is 33.0 Å². The SMILES string of the molecule is CS(=O)(=O)Nc1ccc(N2C[C@@H](c3ccc(Br)c(Oc4c(Cl)cccc4C#N)c3)CC2=O)cc1C(N)=O. The third-order valence-electron chi connectivity index (χ3n) is 5.73. The molecule has 3 aromatic rings. The zero-order valence-electron chi connectivity index (χ0n) is 19.4. The number of halogens is 2. The molecule has 1 aliphatic rings. The lowest BCUT2D eigenvalue weighted by molar-refractivity contribution is -0.117. The number of hydrogen-bond donors (Lipinski definition) is 2. The molecule has 0 aliphatic carbocycles. The predicted molar refractivity (Wildman–Crippen MR) is 144 cm³/mol. The Kier molecular flexibility index (Phi) is 7.45. The van der Waals surface area contributed by atoms with Gasteiger partial charge < -0.3 is 15.4 Å². The van der Waals surface area contributed by atoms with E-state index >= 15 is 0 Å². The van der Waals surface area contributed by atoms with E-state index in [0.29, 0.717) is 22.5 Å². The summed E-state index contributed by atoms with van der Waals surface area (Å²) >= 11 is 9.71. The maximum Gasteiger partial charge on any atom is 0.250 e. The molecule has 9 nitrogen and oxygen atoms in total. The van der Waals surface area contributed by atoms with Gasteiger partial charge in [0.15, 0.2) is 5.75 Å². The molecule has 12 heteroatoms. The van der Waals surface area contributed by atoms with Gasteiger partial charge in [-0.15, -0.1) is 0 Å². The number of hydrogen-bond acceptors (Lipinski definition) is 6. The van der Waals surface area contributed by atoms with Crippen molar-refractivity contribution in [2.45, 2.75) is 12.3 Å². The van der Waals surface area contributed by atoms with Crippen LogP contribution < -0.4 is 20.1 Å². The molecule has 1 fully saturated rings. The van der Waals surface area contributed by atoms with Crippen molar-refractivity contribution < 1.29 is 22.7 Å². The number of anilines is 2. The summed E-state index contributed by atoms with van der Waals surface area (Å²) in [5, 5.41) is 9.69. The molecule has 2 amide bonds. The number of nitrogens with two attached hydrogens (primary N) is 1. The first-order valence-corrected chi connectivity index (χ1v) is 13.9. The molecule has 4 rings (SSSR count). The topological polar surface area (TPSA) is 143 Å². The van der Waals surface area contributed by atoms with Gasteiger partial charge in [-0.2, -0.15) is 5.26 Å². The number of amides is 2. The first kappa shape index (κ1) is 26.5. The highest BCUT2D eigenvalue weighted by Crippen LogP contribution is 2.40. The summed E-state index contributed by atoms with van der Waals surface area (Å²) in [6, 6.07) is 16.7. The molecular weight excluding hydrogens is 584 g/mol. The van der Waals surface area contributed by atoms with Crippen molar-refractivity contribution in [3.63, 3.8) is 0 Å². The van der Waals surface area contributed by atoms with E-state index in [9.17, 15) is 23.3 Å². The highest BCUT2D eigenvalue weighted by molar-refractivity contribution is 9.10. The standard InChI is InChI=1S/C25H20BrClN4O5S/c1-37(34,35)30-21-8-6-17(11-18(21)25(29)33)31-13-16(10-23(31)32)14-5-7-19(26)22(9-14)36-24-15(12-28)3-2-4-20(24)27/h2-9,11,16,30H,10,13H2,1H3,(H2,29,33)/t16-/m0/s1. The van der Waals surface area contributed by atoms with Crippen LogP contribution in [0.1, 0.15) is 33.8 Å². The molecule has 0 aromatic heterocycles. The maximum atomic E-state index is 12.9. The number of carbonyl (C=O) groups is 2. The summed E-state index contributed by atoms with van der Waals surface area (Å²) in [6.07, 6.45) is 1.16. The second-order valence-corrected chi connectivity index (χ2v) is 11.4. The molecule has 1 saturated heterocycles. The van der Waals surface area contributed by atoms with Gasteiger partial charge in [-0.1, -0.05) is 23.7 Å². The minimum absolute atomic E-state index is 0.0351. The van der Waals surface area contributed by atoms with Gasteiger partial charge in [0.05, 0.1) is 32.6 Å². The van der Waals surface area contributed by atoms with Crippen molar-refractivity contribution in [2.75, 3.05) is 22.4 Å². The number of ether oxygens (including phenoxy) is 1. The fourth-order valence-corrected chi connectivity index (χ4v) is 5.15. The number of para-hydroxylation sites is 1. The summed E-state index contributed by atoms with van der Waals surface area (Å²) < 4.78 is 32.1. The lowest BCUT2D eigenvalue weighted by atomic mass is 9.98. The van der Waals surface area contributed by atoms with Crippen molar-refractivity contribution in [1.82, 2.24) is 0 Å². The molecule has 0 spiro atoms. The number of sulfonamides is 1. The summed E-state index contributed by atoms with van der Waals surface area (Å²) in [7, 11) is -3.64. The minimum Gasteiger partial charge on any atom is -0.453 e. The van der Waals surface area contributed by atoms with Gasteiger partial charge in [0, 0.05) is 24.6 Å². The van der Waals surface area contributed by atoms with Crippen molar-refractivity contribution in [2.24, 2.45) is 5.73 Å². The fraction of sp³-hybridized carbons (Fsp3) is 0.160. The number of benzene rings is 3. The van der Waals surface area contributed by atoms with E-state index in [4.69, 9.17) is 22.1 Å². The molecule has 37 heavy (non-hydrogen) atoms. The van der Waals surface area contributed by atoms with Crippen LogP contribution in [0.5, 0.6) is 11.5 Å². The second-order valence-electron chi connectivity index (χ2n) is 8.39. The first-order valence-electron chi connectivity index (χ1n) is 10.8. The quantitative estimate of drug-likeness (QED) is 0.399. The molecule has 1 aliphatic heterocycles. The molecular formula is C25H20BrClN4O5S. The summed E-state index contributed by atoms with van der Waals surface area (Å²) in [5.74, 6) is -0.541. The van der Waals surface area contributed by atoms with Gasteiger partial charge in [-0.3, -0.25) is 14.3 Å². The van der Waals surface area contributed by atoms with Crippen molar-refractivity contribution in [3.05, 3.63) is 80.8 Å². The molecule has 1 atom stereocenters. The summed E-state index contributed by atoms with van der Waals surface area (Å²) in [4.78, 5) is 26.4. The maximum absolute atomic E-state index is 12.9. The van der Waals surface area contributed by atoms with E-state index < -0.39 is 15.9 Å². The van der Waals surface area contributed by atoms with Crippen LogP contribution in [0.15, 0.2) is 59.1 Å². The lowest BCUT2D eigenvalue weighted by Gasteiger charge is -2.19. The molecule has 0 saturated carbocycles. The zero-order chi connectivity index (χ0) is 26.9. The zero-order valence-corrected chi connectivity index (χ0v) is 22.5. The number of nitriles is 1.